The van der Waals surface area contributed by atoms with Crippen molar-refractivity contribution in [3.05, 3.63) is 53.2 Å². The van der Waals surface area contributed by atoms with E-state index in [9.17, 15) is 9.59 Å². The van der Waals surface area contributed by atoms with Gasteiger partial charge in [-0.05, 0) is 42.8 Å². The maximum absolute atomic E-state index is 12.1. The number of anilines is 1. The topological polar surface area (TPSA) is 103 Å². The first-order valence-electron chi connectivity index (χ1n) is 7.69. The van der Waals surface area contributed by atoms with Crippen molar-refractivity contribution in [2.45, 2.75) is 24.8 Å². The molecule has 0 spiro atoms. The van der Waals surface area contributed by atoms with Gasteiger partial charge in [0.2, 0.25) is 5.91 Å². The number of carboxylic acids is 1. The summed E-state index contributed by atoms with van der Waals surface area (Å²) in [6.45, 7) is 2.05. The maximum Gasteiger partial charge on any atom is 0.335 e. The fraction of sp³-hybridized carbons (Fsp3) is 0.222. The predicted molar refractivity (Wildman–Crippen MR) is 95.7 cm³/mol. The Labute approximate surface area is 149 Å². The van der Waals surface area contributed by atoms with Gasteiger partial charge in [-0.25, -0.2) is 9.78 Å². The van der Waals surface area contributed by atoms with Crippen LogP contribution in [0.3, 0.4) is 0 Å². The van der Waals surface area contributed by atoms with Gasteiger partial charge in [0.15, 0.2) is 0 Å². The third-order valence-electron chi connectivity index (χ3n) is 3.30. The zero-order valence-electron chi connectivity index (χ0n) is 13.7. The number of nitrogens with one attached hydrogen (secondary N) is 1. The van der Waals surface area contributed by atoms with Crippen LogP contribution >= 0.6 is 11.8 Å². The van der Waals surface area contributed by atoms with Gasteiger partial charge in [-0.2, -0.15) is 5.26 Å². The number of amides is 1. The minimum atomic E-state index is -1.02. The van der Waals surface area contributed by atoms with Crippen molar-refractivity contribution in [3.63, 3.8) is 0 Å². The molecule has 0 atom stereocenters. The molecule has 1 aromatic heterocycles. The summed E-state index contributed by atoms with van der Waals surface area (Å²) in [5.41, 5.74) is 2.02. The Morgan fingerprint density at radius 3 is 2.56 bits per heavy atom. The Kier molecular flexibility index (Phi) is 6.54. The standard InChI is InChI=1S/C18H17N3O3S/c1-2-3-14-9-6-13(10-19)17(21-14)25-11-16(22)20-15-7-4-12(5-8-15)18(23)24/h4-9H,2-3,11H2,1H3,(H,20,22)(H,23,24). The molecule has 1 amide bonds. The lowest BCUT2D eigenvalue weighted by Gasteiger charge is -2.07. The molecule has 2 N–H and O–H groups in total. The lowest BCUT2D eigenvalue weighted by atomic mass is 10.2. The molecule has 0 unspecified atom stereocenters. The summed E-state index contributed by atoms with van der Waals surface area (Å²) in [6, 6.07) is 11.6. The van der Waals surface area contributed by atoms with E-state index in [0.29, 0.717) is 16.3 Å². The van der Waals surface area contributed by atoms with Crippen LogP contribution in [0.15, 0.2) is 41.4 Å². The van der Waals surface area contributed by atoms with Crippen molar-refractivity contribution >= 4 is 29.3 Å². The van der Waals surface area contributed by atoms with Crippen LogP contribution in [0.4, 0.5) is 5.69 Å². The number of nitriles is 1. The molecule has 1 heterocycles. The number of aromatic nitrogens is 1. The molecule has 1 aromatic carbocycles. The molecule has 0 aliphatic rings. The minimum Gasteiger partial charge on any atom is -0.478 e. The normalized spacial score (nSPS) is 10.1. The van der Waals surface area contributed by atoms with Gasteiger partial charge in [-0.15, -0.1) is 0 Å². The summed E-state index contributed by atoms with van der Waals surface area (Å²) in [4.78, 5) is 27.3. The second-order valence-electron chi connectivity index (χ2n) is 5.24. The van der Waals surface area contributed by atoms with Crippen LogP contribution in [0.2, 0.25) is 0 Å². The number of hydrogen-bond donors (Lipinski definition) is 2. The molecule has 25 heavy (non-hydrogen) atoms. The van der Waals surface area contributed by atoms with Gasteiger partial charge < -0.3 is 10.4 Å². The number of thioether (sulfide) groups is 1. The van der Waals surface area contributed by atoms with Crippen LogP contribution in [0, 0.1) is 11.3 Å². The summed E-state index contributed by atoms with van der Waals surface area (Å²) in [5.74, 6) is -1.16. The lowest BCUT2D eigenvalue weighted by molar-refractivity contribution is -0.113. The van der Waals surface area contributed by atoms with Crippen molar-refractivity contribution in [3.8, 4) is 6.07 Å². The predicted octanol–water partition coefficient (Wildman–Crippen LogP) is 3.33. The molecule has 7 heteroatoms. The number of pyridine rings is 1. The highest BCUT2D eigenvalue weighted by Gasteiger charge is 2.10. The van der Waals surface area contributed by atoms with E-state index in [-0.39, 0.29) is 17.2 Å². The molecule has 2 aromatic rings. The van der Waals surface area contributed by atoms with E-state index in [0.717, 1.165) is 18.5 Å². The molecule has 6 nitrogen and oxygen atoms in total. The summed E-state index contributed by atoms with van der Waals surface area (Å²) >= 11 is 1.21. The third-order valence-corrected chi connectivity index (χ3v) is 4.29. The fourth-order valence-electron chi connectivity index (χ4n) is 2.10. The van der Waals surface area contributed by atoms with Crippen molar-refractivity contribution < 1.29 is 14.7 Å². The molecule has 0 radical (unpaired) electrons. The van der Waals surface area contributed by atoms with E-state index in [1.54, 1.807) is 6.07 Å². The highest BCUT2D eigenvalue weighted by molar-refractivity contribution is 8.00. The average molecular weight is 355 g/mol. The molecule has 0 saturated heterocycles. The smallest absolute Gasteiger partial charge is 0.335 e. The van der Waals surface area contributed by atoms with E-state index in [1.807, 2.05) is 6.07 Å². The quantitative estimate of drug-likeness (QED) is 0.738. The van der Waals surface area contributed by atoms with Crippen LogP contribution in [0.1, 0.15) is 35.0 Å². The first kappa shape index (κ1) is 18.5. The molecule has 0 fully saturated rings. The Balaban J connectivity index is 1.98. The number of nitrogens with zero attached hydrogens (tertiary/aromatic N) is 2. The minimum absolute atomic E-state index is 0.109. The van der Waals surface area contributed by atoms with Crippen molar-refractivity contribution in [2.24, 2.45) is 0 Å². The number of aryl methyl sites for hydroxylation is 1. The molecule has 0 aliphatic carbocycles. The number of aromatic carboxylic acids is 1. The van der Waals surface area contributed by atoms with Crippen molar-refractivity contribution in [2.75, 3.05) is 11.1 Å². The van der Waals surface area contributed by atoms with E-state index in [4.69, 9.17) is 10.4 Å². The molecule has 0 aliphatic heterocycles. The van der Waals surface area contributed by atoms with Crippen LogP contribution in [-0.4, -0.2) is 27.7 Å². The van der Waals surface area contributed by atoms with Crippen molar-refractivity contribution in [1.82, 2.24) is 4.98 Å². The molecular weight excluding hydrogens is 338 g/mol. The van der Waals surface area contributed by atoms with Crippen LogP contribution in [0.25, 0.3) is 0 Å². The number of hydrogen-bond acceptors (Lipinski definition) is 5. The zero-order chi connectivity index (χ0) is 18.2. The van der Waals surface area contributed by atoms with E-state index in [1.165, 1.54) is 36.0 Å². The average Bonchev–Trinajstić information content (AvgIpc) is 2.61. The molecule has 0 bridgehead atoms. The Bertz CT molecular complexity index is 813. The first-order chi connectivity index (χ1) is 12.0. The number of carboxylic acid groups (broad SMARTS) is 1. The summed E-state index contributed by atoms with van der Waals surface area (Å²) in [6.07, 6.45) is 1.78. The van der Waals surface area contributed by atoms with Gasteiger partial charge in [-0.3, -0.25) is 4.79 Å². The van der Waals surface area contributed by atoms with Gasteiger partial charge >= 0.3 is 5.97 Å². The van der Waals surface area contributed by atoms with Gasteiger partial charge in [-0.1, -0.05) is 25.1 Å². The summed E-state index contributed by atoms with van der Waals surface area (Å²) < 4.78 is 0. The Morgan fingerprint density at radius 2 is 1.96 bits per heavy atom. The number of benzene rings is 1. The summed E-state index contributed by atoms with van der Waals surface area (Å²) in [5, 5.41) is 21.3. The van der Waals surface area contributed by atoms with E-state index >= 15 is 0 Å². The molecular formula is C18H17N3O3S. The molecule has 128 valence electrons. The van der Waals surface area contributed by atoms with Crippen LogP contribution < -0.4 is 5.32 Å². The van der Waals surface area contributed by atoms with E-state index < -0.39 is 5.97 Å². The largest absolute Gasteiger partial charge is 0.478 e. The first-order valence-corrected chi connectivity index (χ1v) is 8.68. The highest BCUT2D eigenvalue weighted by atomic mass is 32.2. The third kappa shape index (κ3) is 5.33. The van der Waals surface area contributed by atoms with Gasteiger partial charge in [0.25, 0.3) is 0 Å². The monoisotopic (exact) mass is 355 g/mol. The number of rotatable bonds is 7. The van der Waals surface area contributed by atoms with Crippen molar-refractivity contribution in [1.29, 1.82) is 5.26 Å². The fourth-order valence-corrected chi connectivity index (χ4v) is 2.89. The van der Waals surface area contributed by atoms with Crippen LogP contribution in [-0.2, 0) is 11.2 Å². The lowest BCUT2D eigenvalue weighted by Crippen LogP contribution is -2.14. The Hall–Kier alpha value is -2.85. The van der Waals surface area contributed by atoms with Gasteiger partial charge in [0, 0.05) is 11.4 Å². The maximum atomic E-state index is 12.1. The van der Waals surface area contributed by atoms with Crippen LogP contribution in [0.5, 0.6) is 0 Å². The molecule has 0 saturated carbocycles. The van der Waals surface area contributed by atoms with E-state index in [2.05, 4.69) is 23.3 Å². The highest BCUT2D eigenvalue weighted by Crippen LogP contribution is 2.21. The summed E-state index contributed by atoms with van der Waals surface area (Å²) in [7, 11) is 0. The Morgan fingerprint density at radius 1 is 1.24 bits per heavy atom. The molecule has 2 rings (SSSR count). The number of carbonyl (C=O) groups is 2. The SMILES string of the molecule is CCCc1ccc(C#N)c(SCC(=O)Nc2ccc(C(=O)O)cc2)n1. The number of carbonyl (C=O) groups excluding carboxylic acids is 1. The second-order valence-corrected chi connectivity index (χ2v) is 6.20. The van der Waals surface area contributed by atoms with Gasteiger partial charge in [0.05, 0.1) is 16.9 Å². The zero-order valence-corrected chi connectivity index (χ0v) is 14.5. The van der Waals surface area contributed by atoms with Gasteiger partial charge in [0.1, 0.15) is 11.1 Å². The second kappa shape index (κ2) is 8.85.